The van der Waals surface area contributed by atoms with E-state index in [-0.39, 0.29) is 11.5 Å². The lowest BCUT2D eigenvalue weighted by atomic mass is 9.92. The lowest BCUT2D eigenvalue weighted by Gasteiger charge is -2.26. The number of rotatable bonds is 2. The molecule has 4 heteroatoms. The second kappa shape index (κ2) is 5.87. The van der Waals surface area contributed by atoms with E-state index in [1.807, 2.05) is 23.1 Å². The fraction of sp³-hybridized carbons (Fsp3) is 0.529. The van der Waals surface area contributed by atoms with Crippen molar-refractivity contribution >= 4 is 5.91 Å². The number of nitrogens with zero attached hydrogens (tertiary/aromatic N) is 2. The van der Waals surface area contributed by atoms with Crippen LogP contribution in [0.2, 0.25) is 0 Å². The van der Waals surface area contributed by atoms with Gasteiger partial charge in [0, 0.05) is 26.1 Å². The van der Waals surface area contributed by atoms with E-state index in [4.69, 9.17) is 10.00 Å². The molecule has 1 amide bonds. The van der Waals surface area contributed by atoms with Crippen LogP contribution in [0.5, 0.6) is 0 Å². The fourth-order valence-electron chi connectivity index (χ4n) is 3.36. The summed E-state index contributed by atoms with van der Waals surface area (Å²) in [5, 5.41) is 8.96. The highest BCUT2D eigenvalue weighted by molar-refractivity contribution is 5.76. The van der Waals surface area contributed by atoms with Crippen molar-refractivity contribution in [1.82, 2.24) is 4.90 Å². The summed E-state index contributed by atoms with van der Waals surface area (Å²) >= 11 is 0. The first kappa shape index (κ1) is 14.1. The van der Waals surface area contributed by atoms with Gasteiger partial charge < -0.3 is 9.64 Å². The van der Waals surface area contributed by atoms with Crippen LogP contribution in [-0.2, 0) is 16.1 Å². The zero-order valence-corrected chi connectivity index (χ0v) is 12.2. The van der Waals surface area contributed by atoms with Crippen LogP contribution in [0.3, 0.4) is 0 Å². The van der Waals surface area contributed by atoms with Gasteiger partial charge in [0.2, 0.25) is 5.91 Å². The quantitative estimate of drug-likeness (QED) is 0.839. The molecule has 1 aromatic rings. The Morgan fingerprint density at radius 1 is 1.33 bits per heavy atom. The minimum absolute atomic E-state index is 0.0566. The predicted octanol–water partition coefficient (Wildman–Crippen LogP) is 2.62. The number of hydrogen-bond donors (Lipinski definition) is 0. The molecule has 2 saturated heterocycles. The standard InChI is InChI=1S/C17H20N2O2/c18-12-14-3-1-4-15(11-14)13-19-9-8-17(6-2-10-21-17)7-5-16(19)20/h1,3-4,11H,2,5-10,13H2. The first-order chi connectivity index (χ1) is 10.2. The van der Waals surface area contributed by atoms with Gasteiger partial charge >= 0.3 is 0 Å². The lowest BCUT2D eigenvalue weighted by molar-refractivity contribution is -0.131. The van der Waals surface area contributed by atoms with Gasteiger partial charge in [0.25, 0.3) is 0 Å². The van der Waals surface area contributed by atoms with Crippen LogP contribution in [0.1, 0.15) is 43.2 Å². The summed E-state index contributed by atoms with van der Waals surface area (Å²) in [6.45, 7) is 2.17. The van der Waals surface area contributed by atoms with Crippen LogP contribution >= 0.6 is 0 Å². The molecule has 1 aromatic carbocycles. The number of nitriles is 1. The van der Waals surface area contributed by atoms with Crippen molar-refractivity contribution in [2.24, 2.45) is 0 Å². The van der Waals surface area contributed by atoms with Crippen molar-refractivity contribution in [2.75, 3.05) is 13.2 Å². The van der Waals surface area contributed by atoms with Crippen LogP contribution < -0.4 is 0 Å². The average Bonchev–Trinajstić information content (AvgIpc) is 2.92. The van der Waals surface area contributed by atoms with Crippen molar-refractivity contribution in [3.05, 3.63) is 35.4 Å². The molecule has 3 rings (SSSR count). The third-order valence-corrected chi connectivity index (χ3v) is 4.60. The van der Waals surface area contributed by atoms with Gasteiger partial charge in [-0.2, -0.15) is 5.26 Å². The molecule has 0 aromatic heterocycles. The predicted molar refractivity (Wildman–Crippen MR) is 78.3 cm³/mol. The van der Waals surface area contributed by atoms with Gasteiger partial charge in [-0.1, -0.05) is 12.1 Å². The fourth-order valence-corrected chi connectivity index (χ4v) is 3.36. The molecule has 21 heavy (non-hydrogen) atoms. The zero-order chi connectivity index (χ0) is 14.7. The van der Waals surface area contributed by atoms with E-state index in [9.17, 15) is 4.79 Å². The van der Waals surface area contributed by atoms with Gasteiger partial charge in [-0.15, -0.1) is 0 Å². The van der Waals surface area contributed by atoms with Gasteiger partial charge in [0.15, 0.2) is 0 Å². The molecule has 0 aliphatic carbocycles. The Morgan fingerprint density at radius 3 is 3.00 bits per heavy atom. The molecule has 2 heterocycles. The SMILES string of the molecule is N#Cc1cccc(CN2CCC3(CCCO3)CCC2=O)c1. The summed E-state index contributed by atoms with van der Waals surface area (Å²) in [6, 6.07) is 9.64. The van der Waals surface area contributed by atoms with Crippen molar-refractivity contribution in [3.63, 3.8) is 0 Å². The maximum Gasteiger partial charge on any atom is 0.222 e. The van der Waals surface area contributed by atoms with E-state index < -0.39 is 0 Å². The van der Waals surface area contributed by atoms with Crippen molar-refractivity contribution in [2.45, 2.75) is 44.2 Å². The third kappa shape index (κ3) is 3.08. The van der Waals surface area contributed by atoms with Crippen LogP contribution in [0.15, 0.2) is 24.3 Å². The van der Waals surface area contributed by atoms with Gasteiger partial charge in [0.05, 0.1) is 17.2 Å². The summed E-state index contributed by atoms with van der Waals surface area (Å²) < 4.78 is 5.92. The highest BCUT2D eigenvalue weighted by Crippen LogP contribution is 2.36. The number of carbonyl (C=O) groups excluding carboxylic acids is 1. The Hall–Kier alpha value is -1.86. The van der Waals surface area contributed by atoms with Crippen LogP contribution in [0, 0.1) is 11.3 Å². The van der Waals surface area contributed by atoms with Crippen LogP contribution in [0.4, 0.5) is 0 Å². The highest BCUT2D eigenvalue weighted by atomic mass is 16.5. The molecular weight excluding hydrogens is 264 g/mol. The molecule has 0 radical (unpaired) electrons. The molecule has 1 unspecified atom stereocenters. The zero-order valence-electron chi connectivity index (χ0n) is 12.2. The molecule has 1 spiro atoms. The summed E-state index contributed by atoms with van der Waals surface area (Å²) in [7, 11) is 0. The minimum atomic E-state index is -0.0566. The van der Waals surface area contributed by atoms with Crippen molar-refractivity contribution in [3.8, 4) is 6.07 Å². The van der Waals surface area contributed by atoms with Gasteiger partial charge in [0.1, 0.15) is 0 Å². The van der Waals surface area contributed by atoms with Gasteiger partial charge in [-0.3, -0.25) is 4.79 Å². The molecule has 1 atom stereocenters. The van der Waals surface area contributed by atoms with Gasteiger partial charge in [-0.05, 0) is 43.4 Å². The van der Waals surface area contributed by atoms with E-state index in [1.54, 1.807) is 6.07 Å². The number of ether oxygens (including phenoxy) is 1. The monoisotopic (exact) mass is 284 g/mol. The molecule has 2 aliphatic heterocycles. The number of hydrogen-bond acceptors (Lipinski definition) is 3. The van der Waals surface area contributed by atoms with E-state index in [1.165, 1.54) is 0 Å². The van der Waals surface area contributed by atoms with E-state index >= 15 is 0 Å². The molecule has 0 bridgehead atoms. The summed E-state index contributed by atoms with van der Waals surface area (Å²) in [4.78, 5) is 14.2. The first-order valence-electron chi connectivity index (χ1n) is 7.62. The van der Waals surface area contributed by atoms with E-state index in [0.717, 1.165) is 44.4 Å². The third-order valence-electron chi connectivity index (χ3n) is 4.60. The highest BCUT2D eigenvalue weighted by Gasteiger charge is 2.38. The lowest BCUT2D eigenvalue weighted by Crippen LogP contribution is -2.32. The van der Waals surface area contributed by atoms with Crippen molar-refractivity contribution < 1.29 is 9.53 Å². The largest absolute Gasteiger partial charge is 0.375 e. The summed E-state index contributed by atoms with van der Waals surface area (Å²) in [6.07, 6.45) is 4.53. The summed E-state index contributed by atoms with van der Waals surface area (Å²) in [5.41, 5.74) is 1.61. The summed E-state index contributed by atoms with van der Waals surface area (Å²) in [5.74, 6) is 0.199. The van der Waals surface area contributed by atoms with Crippen LogP contribution in [-0.4, -0.2) is 29.6 Å². The maximum absolute atomic E-state index is 12.3. The number of carbonyl (C=O) groups is 1. The second-order valence-electron chi connectivity index (χ2n) is 6.01. The Kier molecular flexibility index (Phi) is 3.94. The number of benzene rings is 1. The number of likely N-dealkylation sites (tertiary alicyclic amines) is 1. The van der Waals surface area contributed by atoms with Crippen LogP contribution in [0.25, 0.3) is 0 Å². The molecular formula is C17H20N2O2. The number of amides is 1. The molecule has 2 fully saturated rings. The second-order valence-corrected chi connectivity index (χ2v) is 6.01. The normalized spacial score (nSPS) is 25.9. The average molecular weight is 284 g/mol. The molecule has 0 saturated carbocycles. The first-order valence-corrected chi connectivity index (χ1v) is 7.62. The van der Waals surface area contributed by atoms with E-state index in [0.29, 0.717) is 18.5 Å². The van der Waals surface area contributed by atoms with E-state index in [2.05, 4.69) is 6.07 Å². The molecule has 2 aliphatic rings. The Morgan fingerprint density at radius 2 is 2.24 bits per heavy atom. The Bertz CT molecular complexity index is 570. The molecule has 0 N–H and O–H groups in total. The molecule has 110 valence electrons. The van der Waals surface area contributed by atoms with Crippen molar-refractivity contribution in [1.29, 1.82) is 5.26 Å². The minimum Gasteiger partial charge on any atom is -0.375 e. The topological polar surface area (TPSA) is 53.3 Å². The van der Waals surface area contributed by atoms with Gasteiger partial charge in [-0.25, -0.2) is 0 Å². The smallest absolute Gasteiger partial charge is 0.222 e. The Balaban J connectivity index is 1.70. The Labute approximate surface area is 125 Å². The molecule has 4 nitrogen and oxygen atoms in total. The maximum atomic E-state index is 12.3.